The minimum atomic E-state index is -4.61. The molecule has 1 aliphatic heterocycles. The van der Waals surface area contributed by atoms with E-state index < -0.39 is 23.6 Å². The van der Waals surface area contributed by atoms with Crippen LogP contribution in [0.1, 0.15) is 17.4 Å². The van der Waals surface area contributed by atoms with Crippen molar-refractivity contribution in [1.29, 1.82) is 0 Å². The lowest BCUT2D eigenvalue weighted by atomic mass is 10.1. The summed E-state index contributed by atoms with van der Waals surface area (Å²) in [6.45, 7) is 2.20. The van der Waals surface area contributed by atoms with Crippen molar-refractivity contribution in [1.82, 2.24) is 0 Å². The number of amides is 2. The van der Waals surface area contributed by atoms with Crippen molar-refractivity contribution in [3.63, 3.8) is 0 Å². The molecule has 1 aliphatic rings. The van der Waals surface area contributed by atoms with Crippen LogP contribution in [0.5, 0.6) is 5.75 Å². The van der Waals surface area contributed by atoms with E-state index in [2.05, 4.69) is 5.32 Å². The first-order chi connectivity index (χ1) is 15.3. The number of hydrogen-bond acceptors (Lipinski definition) is 5. The van der Waals surface area contributed by atoms with E-state index in [-0.39, 0.29) is 17.0 Å². The second-order valence-corrected chi connectivity index (χ2v) is 7.72. The number of anilines is 2. The quantitative estimate of drug-likeness (QED) is 0.491. The number of thiophene rings is 1. The van der Waals surface area contributed by atoms with Gasteiger partial charge >= 0.3 is 6.18 Å². The van der Waals surface area contributed by atoms with Crippen LogP contribution in [0.15, 0.2) is 71.7 Å². The van der Waals surface area contributed by atoms with E-state index in [1.165, 1.54) is 23.5 Å². The number of carbonyl (C=O) groups excluding carboxylic acids is 2. The van der Waals surface area contributed by atoms with Crippen LogP contribution in [-0.4, -0.2) is 18.4 Å². The molecule has 0 radical (unpaired) electrons. The van der Waals surface area contributed by atoms with Gasteiger partial charge in [-0.1, -0.05) is 24.3 Å². The van der Waals surface area contributed by atoms with Crippen LogP contribution < -0.4 is 15.0 Å². The molecule has 164 valence electrons. The number of halogens is 3. The predicted molar refractivity (Wildman–Crippen MR) is 116 cm³/mol. The van der Waals surface area contributed by atoms with Gasteiger partial charge in [-0.15, -0.1) is 11.3 Å². The standard InChI is InChI=1S/C23H17F3N2O3S/c1-2-31-17-10-4-3-9-16(17)27-20-19(18-11-6-12-32-18)21(29)28(22(20)30)15-8-5-7-14(13-15)23(24,25)26/h3-13,27H,2H2,1H3. The molecule has 32 heavy (non-hydrogen) atoms. The summed E-state index contributed by atoms with van der Waals surface area (Å²) in [6.07, 6.45) is -4.61. The number of benzene rings is 2. The molecule has 1 N–H and O–H groups in total. The highest BCUT2D eigenvalue weighted by atomic mass is 32.1. The molecule has 2 amide bonds. The molecule has 0 bridgehead atoms. The average Bonchev–Trinajstić information content (AvgIpc) is 3.36. The van der Waals surface area contributed by atoms with E-state index in [0.29, 0.717) is 22.9 Å². The highest BCUT2D eigenvalue weighted by Crippen LogP contribution is 2.38. The average molecular weight is 458 g/mol. The summed E-state index contributed by atoms with van der Waals surface area (Å²) in [5.41, 5.74) is -0.573. The Bertz CT molecular complexity index is 1200. The minimum absolute atomic E-state index is 0.0259. The SMILES string of the molecule is CCOc1ccccc1NC1=C(c2cccs2)C(=O)N(c2cccc(C(F)(F)F)c2)C1=O. The van der Waals surface area contributed by atoms with Gasteiger partial charge in [0, 0.05) is 4.88 Å². The number of carbonyl (C=O) groups is 2. The van der Waals surface area contributed by atoms with Crippen molar-refractivity contribution in [2.24, 2.45) is 0 Å². The van der Waals surface area contributed by atoms with Crippen LogP contribution in [-0.2, 0) is 15.8 Å². The Morgan fingerprint density at radius 2 is 1.78 bits per heavy atom. The smallest absolute Gasteiger partial charge is 0.416 e. The number of alkyl halides is 3. The van der Waals surface area contributed by atoms with Gasteiger partial charge in [-0.3, -0.25) is 9.59 Å². The topological polar surface area (TPSA) is 58.6 Å². The third-order valence-corrected chi connectivity index (χ3v) is 5.62. The lowest BCUT2D eigenvalue weighted by Gasteiger charge is -2.17. The Hall–Kier alpha value is -3.59. The Morgan fingerprint density at radius 1 is 1.00 bits per heavy atom. The molecule has 0 spiro atoms. The van der Waals surface area contributed by atoms with E-state index in [0.717, 1.165) is 17.0 Å². The molecule has 4 rings (SSSR count). The van der Waals surface area contributed by atoms with Crippen molar-refractivity contribution in [3.05, 3.63) is 82.2 Å². The lowest BCUT2D eigenvalue weighted by molar-refractivity contribution is -0.137. The summed E-state index contributed by atoms with van der Waals surface area (Å²) < 4.78 is 45.2. The van der Waals surface area contributed by atoms with Gasteiger partial charge in [0.1, 0.15) is 11.4 Å². The lowest BCUT2D eigenvalue weighted by Crippen LogP contribution is -2.32. The molecule has 3 aromatic rings. The van der Waals surface area contributed by atoms with Gasteiger partial charge in [0.05, 0.1) is 29.1 Å². The van der Waals surface area contributed by atoms with Gasteiger partial charge in [0.15, 0.2) is 0 Å². The zero-order valence-electron chi connectivity index (χ0n) is 16.8. The normalized spacial score (nSPS) is 14.3. The highest BCUT2D eigenvalue weighted by molar-refractivity contribution is 7.11. The molecule has 1 aromatic heterocycles. The van der Waals surface area contributed by atoms with E-state index in [1.807, 2.05) is 6.92 Å². The molecule has 0 saturated carbocycles. The maximum absolute atomic E-state index is 13.3. The zero-order chi connectivity index (χ0) is 22.9. The molecule has 0 fully saturated rings. The van der Waals surface area contributed by atoms with Crippen molar-refractivity contribution >= 4 is 40.1 Å². The summed E-state index contributed by atoms with van der Waals surface area (Å²) in [5, 5.41) is 4.73. The van der Waals surface area contributed by atoms with Gasteiger partial charge in [0.25, 0.3) is 11.8 Å². The number of nitrogens with one attached hydrogen (secondary N) is 1. The predicted octanol–water partition coefficient (Wildman–Crippen LogP) is 5.56. The molecule has 2 heterocycles. The van der Waals surface area contributed by atoms with Crippen LogP contribution >= 0.6 is 11.3 Å². The molecule has 0 aliphatic carbocycles. The fourth-order valence-corrected chi connectivity index (χ4v) is 4.10. The number of ether oxygens (including phenoxy) is 1. The van der Waals surface area contributed by atoms with Crippen LogP contribution in [0.2, 0.25) is 0 Å². The first-order valence-corrected chi connectivity index (χ1v) is 10.5. The van der Waals surface area contributed by atoms with Crippen LogP contribution in [0.25, 0.3) is 5.57 Å². The largest absolute Gasteiger partial charge is 0.492 e. The van der Waals surface area contributed by atoms with Gasteiger partial charge in [-0.25, -0.2) is 4.90 Å². The molecular weight excluding hydrogens is 441 g/mol. The maximum Gasteiger partial charge on any atom is 0.416 e. The molecular formula is C23H17F3N2O3S. The number of hydrogen-bond donors (Lipinski definition) is 1. The van der Waals surface area contributed by atoms with Crippen LogP contribution in [0.4, 0.5) is 24.5 Å². The van der Waals surface area contributed by atoms with E-state index in [4.69, 9.17) is 4.74 Å². The van der Waals surface area contributed by atoms with Crippen LogP contribution in [0.3, 0.4) is 0 Å². The number of para-hydroxylation sites is 2. The van der Waals surface area contributed by atoms with Crippen molar-refractivity contribution in [2.75, 3.05) is 16.8 Å². The van der Waals surface area contributed by atoms with Crippen molar-refractivity contribution in [2.45, 2.75) is 13.1 Å². The molecule has 2 aromatic carbocycles. The molecule has 9 heteroatoms. The van der Waals surface area contributed by atoms with Crippen molar-refractivity contribution < 1.29 is 27.5 Å². The summed E-state index contributed by atoms with van der Waals surface area (Å²) in [6, 6.07) is 14.5. The zero-order valence-corrected chi connectivity index (χ0v) is 17.6. The fourth-order valence-electron chi connectivity index (χ4n) is 3.34. The monoisotopic (exact) mass is 458 g/mol. The Morgan fingerprint density at radius 3 is 2.47 bits per heavy atom. The first-order valence-electron chi connectivity index (χ1n) is 9.64. The first kappa shape index (κ1) is 21.6. The van der Waals surface area contributed by atoms with Gasteiger partial charge in [0.2, 0.25) is 0 Å². The van der Waals surface area contributed by atoms with E-state index in [9.17, 15) is 22.8 Å². The second kappa shape index (κ2) is 8.51. The molecule has 0 unspecified atom stereocenters. The summed E-state index contributed by atoms with van der Waals surface area (Å²) in [4.78, 5) is 27.9. The van der Waals surface area contributed by atoms with Gasteiger partial charge < -0.3 is 10.1 Å². The van der Waals surface area contributed by atoms with Gasteiger partial charge in [-0.05, 0) is 48.7 Å². The molecule has 5 nitrogen and oxygen atoms in total. The Balaban J connectivity index is 1.79. The van der Waals surface area contributed by atoms with Crippen LogP contribution in [0, 0.1) is 0 Å². The third kappa shape index (κ3) is 3.99. The second-order valence-electron chi connectivity index (χ2n) is 6.78. The minimum Gasteiger partial charge on any atom is -0.492 e. The number of rotatable bonds is 6. The summed E-state index contributed by atoms with van der Waals surface area (Å²) in [7, 11) is 0. The van der Waals surface area contributed by atoms with Gasteiger partial charge in [-0.2, -0.15) is 13.2 Å². The number of nitrogens with zero attached hydrogens (tertiary/aromatic N) is 1. The molecule has 0 saturated heterocycles. The fraction of sp³-hybridized carbons (Fsp3) is 0.130. The summed E-state index contributed by atoms with van der Waals surface area (Å²) >= 11 is 1.25. The summed E-state index contributed by atoms with van der Waals surface area (Å²) in [5.74, 6) is -0.969. The third-order valence-electron chi connectivity index (χ3n) is 4.73. The molecule has 0 atom stereocenters. The van der Waals surface area contributed by atoms with E-state index >= 15 is 0 Å². The maximum atomic E-state index is 13.3. The van der Waals surface area contributed by atoms with Crippen molar-refractivity contribution in [3.8, 4) is 5.75 Å². The Labute approximate surface area is 185 Å². The Kier molecular flexibility index (Phi) is 5.75. The highest BCUT2D eigenvalue weighted by Gasteiger charge is 2.42. The van der Waals surface area contributed by atoms with E-state index in [1.54, 1.807) is 41.8 Å². The number of imide groups is 1.